The zero-order chi connectivity index (χ0) is 12.4. The van der Waals surface area contributed by atoms with Crippen LogP contribution in [0, 0.1) is 0 Å². The Hall–Kier alpha value is -1.81. The fourth-order valence-corrected chi connectivity index (χ4v) is 1.64. The highest BCUT2D eigenvalue weighted by Gasteiger charge is 2.16. The lowest BCUT2D eigenvalue weighted by atomic mass is 10.1. The monoisotopic (exact) mass is 250 g/mol. The molecule has 0 saturated carbocycles. The van der Waals surface area contributed by atoms with Crippen LogP contribution in [0.3, 0.4) is 0 Å². The minimum Gasteiger partial charge on any atom is -0.481 e. The lowest BCUT2D eigenvalue weighted by Gasteiger charge is -2.03. The Morgan fingerprint density at radius 1 is 1.47 bits per heavy atom. The van der Waals surface area contributed by atoms with Crippen LogP contribution in [0.1, 0.15) is 18.5 Å². The van der Waals surface area contributed by atoms with Crippen LogP contribution in [0.25, 0.3) is 5.69 Å². The van der Waals surface area contributed by atoms with E-state index in [4.69, 9.17) is 16.7 Å². The molecule has 0 bridgehead atoms. The highest BCUT2D eigenvalue weighted by molar-refractivity contribution is 6.30. The molecule has 17 heavy (non-hydrogen) atoms. The number of hydrogen-bond donors (Lipinski definition) is 1. The second kappa shape index (κ2) is 4.59. The molecule has 88 valence electrons. The summed E-state index contributed by atoms with van der Waals surface area (Å²) in [7, 11) is 0. The molecule has 0 aliphatic carbocycles. The summed E-state index contributed by atoms with van der Waals surface area (Å²) in [5.74, 6) is -1.50. The number of aromatic nitrogens is 2. The number of benzene rings is 1. The number of hydrogen-bond acceptors (Lipinski definition) is 2. The highest BCUT2D eigenvalue weighted by Crippen LogP contribution is 2.17. The van der Waals surface area contributed by atoms with Gasteiger partial charge in [0.2, 0.25) is 0 Å². The Kier molecular flexibility index (Phi) is 3.15. The van der Waals surface area contributed by atoms with Crippen LogP contribution >= 0.6 is 11.6 Å². The number of carboxylic acids is 1. The van der Waals surface area contributed by atoms with Crippen molar-refractivity contribution in [1.82, 2.24) is 9.78 Å². The minimum atomic E-state index is -0.888. The van der Waals surface area contributed by atoms with Gasteiger partial charge >= 0.3 is 5.97 Å². The van der Waals surface area contributed by atoms with E-state index in [1.165, 1.54) is 0 Å². The van der Waals surface area contributed by atoms with Gasteiger partial charge in [-0.15, -0.1) is 0 Å². The molecule has 0 aliphatic rings. The molecule has 1 atom stereocenters. The van der Waals surface area contributed by atoms with E-state index in [0.29, 0.717) is 10.7 Å². The minimum absolute atomic E-state index is 0.525. The summed E-state index contributed by atoms with van der Waals surface area (Å²) in [4.78, 5) is 10.8. The van der Waals surface area contributed by atoms with E-state index in [1.807, 2.05) is 12.1 Å². The van der Waals surface area contributed by atoms with Crippen molar-refractivity contribution in [2.75, 3.05) is 0 Å². The number of carbonyl (C=O) groups is 1. The van der Waals surface area contributed by atoms with Crippen LogP contribution in [-0.4, -0.2) is 20.9 Å². The van der Waals surface area contributed by atoms with E-state index in [9.17, 15) is 4.79 Å². The van der Waals surface area contributed by atoms with E-state index in [0.717, 1.165) is 5.69 Å². The van der Waals surface area contributed by atoms with Crippen molar-refractivity contribution in [2.45, 2.75) is 12.8 Å². The smallest absolute Gasteiger partial charge is 0.312 e. The second-order valence-corrected chi connectivity index (χ2v) is 4.16. The average Bonchev–Trinajstić information content (AvgIpc) is 2.77. The lowest BCUT2D eigenvalue weighted by Crippen LogP contribution is -2.08. The third-order valence-corrected chi connectivity index (χ3v) is 2.73. The molecular weight excluding hydrogens is 240 g/mol. The number of aliphatic carboxylic acids is 1. The molecule has 1 aromatic carbocycles. The molecule has 2 rings (SSSR count). The predicted octanol–water partition coefficient (Wildman–Crippen LogP) is 2.71. The molecule has 0 aliphatic heterocycles. The van der Waals surface area contributed by atoms with Crippen molar-refractivity contribution < 1.29 is 9.90 Å². The van der Waals surface area contributed by atoms with Crippen LogP contribution in [0.15, 0.2) is 36.5 Å². The number of halogens is 1. The first-order valence-corrected chi connectivity index (χ1v) is 5.50. The van der Waals surface area contributed by atoms with E-state index < -0.39 is 11.9 Å². The van der Waals surface area contributed by atoms with Crippen LogP contribution in [0.2, 0.25) is 5.02 Å². The summed E-state index contributed by atoms with van der Waals surface area (Å²) >= 11 is 5.88. The van der Waals surface area contributed by atoms with Crippen LogP contribution < -0.4 is 0 Å². The Labute approximate surface area is 103 Å². The van der Waals surface area contributed by atoms with E-state index in [1.54, 1.807) is 36.0 Å². The van der Waals surface area contributed by atoms with E-state index in [-0.39, 0.29) is 0 Å². The second-order valence-electron chi connectivity index (χ2n) is 3.72. The zero-order valence-corrected chi connectivity index (χ0v) is 9.93. The van der Waals surface area contributed by atoms with Crippen molar-refractivity contribution in [2.24, 2.45) is 0 Å². The summed E-state index contributed by atoms with van der Waals surface area (Å²) in [5.41, 5.74) is 1.33. The first kappa shape index (κ1) is 11.7. The normalized spacial score (nSPS) is 12.4. The van der Waals surface area contributed by atoms with Crippen LogP contribution in [0.4, 0.5) is 0 Å². The van der Waals surface area contributed by atoms with Crippen LogP contribution in [0.5, 0.6) is 0 Å². The van der Waals surface area contributed by atoms with Gasteiger partial charge in [0.15, 0.2) is 0 Å². The van der Waals surface area contributed by atoms with Gasteiger partial charge in [-0.25, -0.2) is 4.68 Å². The van der Waals surface area contributed by atoms with Crippen molar-refractivity contribution in [3.8, 4) is 5.69 Å². The Morgan fingerprint density at radius 3 is 2.88 bits per heavy atom. The quantitative estimate of drug-likeness (QED) is 0.911. The summed E-state index contributed by atoms with van der Waals surface area (Å²) < 4.78 is 1.61. The first-order valence-electron chi connectivity index (χ1n) is 5.12. The van der Waals surface area contributed by atoms with Gasteiger partial charge in [-0.2, -0.15) is 5.10 Å². The molecule has 2 aromatic rings. The third kappa shape index (κ3) is 2.47. The van der Waals surface area contributed by atoms with Gasteiger partial charge < -0.3 is 5.11 Å². The third-order valence-electron chi connectivity index (χ3n) is 2.50. The highest BCUT2D eigenvalue weighted by atomic mass is 35.5. The first-order chi connectivity index (χ1) is 8.08. The van der Waals surface area contributed by atoms with E-state index in [2.05, 4.69) is 5.10 Å². The SMILES string of the molecule is CC(C(=O)O)c1ccn(-c2cccc(Cl)c2)n1. The zero-order valence-electron chi connectivity index (χ0n) is 9.17. The Morgan fingerprint density at radius 2 is 2.24 bits per heavy atom. The van der Waals surface area contributed by atoms with Gasteiger partial charge in [0, 0.05) is 11.2 Å². The molecule has 1 unspecified atom stereocenters. The topological polar surface area (TPSA) is 55.1 Å². The maximum atomic E-state index is 10.8. The molecule has 0 fully saturated rings. The summed E-state index contributed by atoms with van der Waals surface area (Å²) in [5, 5.41) is 13.7. The summed E-state index contributed by atoms with van der Waals surface area (Å²) in [6, 6.07) is 8.91. The van der Waals surface area contributed by atoms with Gasteiger partial charge in [-0.05, 0) is 31.2 Å². The molecule has 4 nitrogen and oxygen atoms in total. The molecule has 0 amide bonds. The van der Waals surface area contributed by atoms with Crippen molar-refractivity contribution in [1.29, 1.82) is 0 Å². The molecule has 1 aromatic heterocycles. The molecule has 1 heterocycles. The van der Waals surface area contributed by atoms with E-state index >= 15 is 0 Å². The van der Waals surface area contributed by atoms with Gasteiger partial charge in [0.25, 0.3) is 0 Å². The lowest BCUT2D eigenvalue weighted by molar-refractivity contribution is -0.138. The number of rotatable bonds is 3. The van der Waals surface area contributed by atoms with Crippen molar-refractivity contribution >= 4 is 17.6 Å². The maximum absolute atomic E-state index is 10.8. The molecule has 1 N–H and O–H groups in total. The maximum Gasteiger partial charge on any atom is 0.312 e. The standard InChI is InChI=1S/C12H11ClN2O2/c1-8(12(16)17)11-5-6-15(14-11)10-4-2-3-9(13)7-10/h2-8H,1H3,(H,16,17). The molecule has 0 saturated heterocycles. The Balaban J connectivity index is 2.33. The molecule has 5 heteroatoms. The number of carboxylic acid groups (broad SMARTS) is 1. The van der Waals surface area contributed by atoms with Gasteiger partial charge in [-0.3, -0.25) is 4.79 Å². The van der Waals surface area contributed by atoms with Crippen molar-refractivity contribution in [3.63, 3.8) is 0 Å². The molecule has 0 spiro atoms. The van der Waals surface area contributed by atoms with Crippen molar-refractivity contribution in [3.05, 3.63) is 47.2 Å². The van der Waals surface area contributed by atoms with Gasteiger partial charge in [0.1, 0.15) is 0 Å². The summed E-state index contributed by atoms with van der Waals surface area (Å²) in [6.45, 7) is 1.60. The predicted molar refractivity (Wildman–Crippen MR) is 64.6 cm³/mol. The largest absolute Gasteiger partial charge is 0.481 e. The molecular formula is C12H11ClN2O2. The van der Waals surface area contributed by atoms with Gasteiger partial charge in [-0.1, -0.05) is 17.7 Å². The molecule has 0 radical (unpaired) electrons. The fraction of sp³-hybridized carbons (Fsp3) is 0.167. The summed E-state index contributed by atoms with van der Waals surface area (Å²) in [6.07, 6.45) is 1.72. The van der Waals surface area contributed by atoms with Gasteiger partial charge in [0.05, 0.1) is 17.3 Å². The fourth-order valence-electron chi connectivity index (χ4n) is 1.46. The van der Waals surface area contributed by atoms with Crippen LogP contribution in [-0.2, 0) is 4.79 Å². The average molecular weight is 251 g/mol. The Bertz CT molecular complexity index is 551. The number of nitrogens with zero attached hydrogens (tertiary/aromatic N) is 2.